The van der Waals surface area contributed by atoms with Crippen LogP contribution in [0.15, 0.2) is 72.7 Å². The Hall–Kier alpha value is -1.17. The molecule has 2 rings (SSSR count). The van der Waals surface area contributed by atoms with Gasteiger partial charge in [-0.2, -0.15) is 8.42 Å². The molecule has 106 valence electrons. The Morgan fingerprint density at radius 2 is 1.29 bits per heavy atom. The van der Waals surface area contributed by atoms with E-state index in [4.69, 9.17) is 4.55 Å². The van der Waals surface area contributed by atoms with E-state index >= 15 is 0 Å². The summed E-state index contributed by atoms with van der Waals surface area (Å²) in [5.41, 5.74) is 1.91. The van der Waals surface area contributed by atoms with Crippen LogP contribution >= 0.6 is 0 Å². The predicted molar refractivity (Wildman–Crippen MR) is 90.7 cm³/mol. The van der Waals surface area contributed by atoms with Gasteiger partial charge in [-0.15, -0.1) is 0 Å². The van der Waals surface area contributed by atoms with Gasteiger partial charge in [0.25, 0.3) is 10.1 Å². The Bertz CT molecular complexity index is 650. The summed E-state index contributed by atoms with van der Waals surface area (Å²) in [6.45, 7) is 3.63. The van der Waals surface area contributed by atoms with Crippen LogP contribution in [0.1, 0.15) is 11.1 Å². The maximum absolute atomic E-state index is 10.3. The van der Waals surface area contributed by atoms with Crippen molar-refractivity contribution in [1.82, 2.24) is 0 Å². The Morgan fingerprint density at radius 1 is 0.857 bits per heavy atom. The summed E-state index contributed by atoms with van der Waals surface area (Å²) in [6.07, 6.45) is 3.16. The Kier molecular flexibility index (Phi) is 9.95. The minimum atomic E-state index is -4.00. The molecule has 0 aromatic heterocycles. The molecule has 0 atom stereocenters. The van der Waals surface area contributed by atoms with Gasteiger partial charge in [0.1, 0.15) is 0 Å². The molecule has 0 radical (unpaired) electrons. The zero-order valence-corrected chi connectivity index (χ0v) is 11.7. The van der Waals surface area contributed by atoms with Crippen molar-refractivity contribution in [3.8, 4) is 0 Å². The molecule has 0 spiro atoms. The van der Waals surface area contributed by atoms with Crippen LogP contribution in [0.25, 0.3) is 12.2 Å². The molecular weight excluding hydrogens is 295 g/mol. The van der Waals surface area contributed by atoms with E-state index < -0.39 is 10.1 Å². The summed E-state index contributed by atoms with van der Waals surface area (Å²) in [4.78, 5) is 0. The number of hydrogen-bond acceptors (Lipinski definition) is 2. The van der Waals surface area contributed by atoms with Gasteiger partial charge in [0.05, 0.1) is 5.41 Å². The number of rotatable bonds is 3. The fourth-order valence-corrected chi connectivity index (χ4v) is 1.65. The molecule has 1 N–H and O–H groups in total. The van der Waals surface area contributed by atoms with Crippen LogP contribution in [0, 0.1) is 0 Å². The predicted octanol–water partition coefficient (Wildman–Crippen LogP) is 3.23. The van der Waals surface area contributed by atoms with Crippen molar-refractivity contribution in [2.24, 2.45) is 0 Å². The van der Waals surface area contributed by atoms with E-state index in [-0.39, 0.29) is 29.6 Å². The monoisotopic (exact) mass is 312 g/mol. The van der Waals surface area contributed by atoms with E-state index in [0.717, 1.165) is 11.0 Å². The topological polar surface area (TPSA) is 54.4 Å². The van der Waals surface area contributed by atoms with E-state index in [1.807, 2.05) is 42.5 Å². The third-order valence-corrected chi connectivity index (χ3v) is 2.75. The first-order valence-corrected chi connectivity index (χ1v) is 7.40. The van der Waals surface area contributed by atoms with Crippen LogP contribution in [0.5, 0.6) is 0 Å². The van der Waals surface area contributed by atoms with Gasteiger partial charge in [-0.3, -0.25) is 4.55 Å². The van der Waals surface area contributed by atoms with Crippen molar-refractivity contribution in [2.45, 2.75) is 0 Å². The molecule has 0 heterocycles. The fraction of sp³-hybridized carbons (Fsp3) is 0. The Balaban J connectivity index is 0.000000390. The van der Waals surface area contributed by atoms with Crippen molar-refractivity contribution in [2.75, 3.05) is 0 Å². The molecule has 2 aromatic rings. The average Bonchev–Trinajstić information content (AvgIpc) is 2.47. The first-order valence-electron chi connectivity index (χ1n) is 5.89. The Labute approximate surface area is 148 Å². The number of hydrogen-bond donors (Lipinski definition) is 1. The summed E-state index contributed by atoms with van der Waals surface area (Å²) in [7, 11) is -4.00. The molecule has 0 bridgehead atoms. The molecular formula is C16H17NaO3S. The number of benzene rings is 2. The molecule has 0 fully saturated rings. The molecule has 2 aromatic carbocycles. The van der Waals surface area contributed by atoms with Crippen LogP contribution in [0.4, 0.5) is 0 Å². The average molecular weight is 312 g/mol. The SMILES string of the molecule is C=Cc1ccccc1.O=S(=O)(O)C=Cc1ccccc1.[NaH]. The maximum atomic E-state index is 10.3. The minimum absolute atomic E-state index is 0. The Morgan fingerprint density at radius 3 is 1.62 bits per heavy atom. The van der Waals surface area contributed by atoms with Gasteiger partial charge >= 0.3 is 29.6 Å². The summed E-state index contributed by atoms with van der Waals surface area (Å²) in [6, 6.07) is 18.9. The summed E-state index contributed by atoms with van der Waals surface area (Å²) in [5.74, 6) is 0. The van der Waals surface area contributed by atoms with Crippen LogP contribution in [-0.4, -0.2) is 42.5 Å². The van der Waals surface area contributed by atoms with Crippen molar-refractivity contribution in [1.29, 1.82) is 0 Å². The third kappa shape index (κ3) is 10.2. The van der Waals surface area contributed by atoms with Crippen molar-refractivity contribution >= 4 is 51.8 Å². The van der Waals surface area contributed by atoms with Crippen molar-refractivity contribution in [3.63, 3.8) is 0 Å². The van der Waals surface area contributed by atoms with E-state index in [1.165, 1.54) is 11.6 Å². The molecule has 0 saturated heterocycles. The summed E-state index contributed by atoms with van der Waals surface area (Å²) >= 11 is 0. The normalized spacial score (nSPS) is 10.1. The van der Waals surface area contributed by atoms with Gasteiger partial charge in [-0.05, 0) is 17.2 Å². The molecule has 0 unspecified atom stereocenters. The fourth-order valence-electron chi connectivity index (χ4n) is 1.32. The molecule has 0 amide bonds. The first-order chi connectivity index (χ1) is 9.51. The van der Waals surface area contributed by atoms with Crippen LogP contribution < -0.4 is 0 Å². The van der Waals surface area contributed by atoms with Gasteiger partial charge in [0.15, 0.2) is 0 Å². The van der Waals surface area contributed by atoms with Crippen LogP contribution in [0.2, 0.25) is 0 Å². The quantitative estimate of drug-likeness (QED) is 0.699. The molecule has 0 aliphatic heterocycles. The molecule has 3 nitrogen and oxygen atoms in total. The van der Waals surface area contributed by atoms with E-state index in [2.05, 4.69) is 6.58 Å². The zero-order valence-electron chi connectivity index (χ0n) is 10.9. The second-order valence-corrected chi connectivity index (χ2v) is 5.15. The van der Waals surface area contributed by atoms with Crippen molar-refractivity contribution < 1.29 is 13.0 Å². The zero-order chi connectivity index (χ0) is 14.8. The summed E-state index contributed by atoms with van der Waals surface area (Å²) < 4.78 is 28.9. The second-order valence-electron chi connectivity index (χ2n) is 3.84. The molecule has 0 aliphatic rings. The van der Waals surface area contributed by atoms with Gasteiger partial charge < -0.3 is 0 Å². The van der Waals surface area contributed by atoms with E-state index in [0.29, 0.717) is 0 Å². The molecule has 21 heavy (non-hydrogen) atoms. The molecule has 0 aliphatic carbocycles. The van der Waals surface area contributed by atoms with Crippen LogP contribution in [0.3, 0.4) is 0 Å². The third-order valence-electron chi connectivity index (χ3n) is 2.27. The standard InChI is InChI=1S/C8H8O3S.C8H8.Na.H/c9-12(10,11)7-6-8-4-2-1-3-5-8;1-2-8-6-4-3-5-7-8;;/h1-7H,(H,9,10,11);2-7H,1H2;;. The van der Waals surface area contributed by atoms with Gasteiger partial charge in [-0.25, -0.2) is 0 Å². The first kappa shape index (κ1) is 19.8. The van der Waals surface area contributed by atoms with Gasteiger partial charge in [0.2, 0.25) is 0 Å². The molecule has 0 saturated carbocycles. The summed E-state index contributed by atoms with van der Waals surface area (Å²) in [5, 5.41) is 0.752. The van der Waals surface area contributed by atoms with Gasteiger partial charge in [0, 0.05) is 0 Å². The molecule has 5 heteroatoms. The van der Waals surface area contributed by atoms with Gasteiger partial charge in [-0.1, -0.05) is 73.3 Å². The van der Waals surface area contributed by atoms with E-state index in [9.17, 15) is 8.42 Å². The van der Waals surface area contributed by atoms with Crippen LogP contribution in [-0.2, 0) is 10.1 Å². The van der Waals surface area contributed by atoms with E-state index in [1.54, 1.807) is 24.3 Å². The van der Waals surface area contributed by atoms with Crippen molar-refractivity contribution in [3.05, 3.63) is 83.8 Å². The second kappa shape index (κ2) is 10.5.